The Kier molecular flexibility index (Phi) is 2.98. The van der Waals surface area contributed by atoms with Crippen molar-refractivity contribution in [3.63, 3.8) is 0 Å². The van der Waals surface area contributed by atoms with Gasteiger partial charge in [0.05, 0.1) is 16.6 Å². The first-order valence-corrected chi connectivity index (χ1v) is 5.89. The monoisotopic (exact) mass is 248 g/mol. The molecular formula is C13H16N2O3. The van der Waals surface area contributed by atoms with Crippen molar-refractivity contribution in [2.24, 2.45) is 5.92 Å². The number of carboxylic acid groups (broad SMARTS) is 1. The van der Waals surface area contributed by atoms with Gasteiger partial charge in [-0.15, -0.1) is 0 Å². The third-order valence-corrected chi connectivity index (χ3v) is 3.34. The lowest BCUT2D eigenvalue weighted by Gasteiger charge is -2.17. The molecule has 0 aliphatic heterocycles. The van der Waals surface area contributed by atoms with Crippen molar-refractivity contribution in [3.05, 3.63) is 34.2 Å². The zero-order valence-corrected chi connectivity index (χ0v) is 10.6. The van der Waals surface area contributed by atoms with Crippen LogP contribution in [0.1, 0.15) is 37.2 Å². The quantitative estimate of drug-likeness (QED) is 0.874. The van der Waals surface area contributed by atoms with Gasteiger partial charge in [-0.2, -0.15) is 0 Å². The summed E-state index contributed by atoms with van der Waals surface area (Å²) in [5.41, 5.74) is 1.28. The number of aromatic nitrogens is 2. The number of rotatable bonds is 3. The summed E-state index contributed by atoms with van der Waals surface area (Å²) in [5.74, 6) is -0.678. The fraction of sp³-hybridized carbons (Fsp3) is 0.385. The topological polar surface area (TPSA) is 75.1 Å². The second-order valence-corrected chi connectivity index (χ2v) is 4.82. The third kappa shape index (κ3) is 1.92. The van der Waals surface area contributed by atoms with Gasteiger partial charge in [-0.25, -0.2) is 9.59 Å². The summed E-state index contributed by atoms with van der Waals surface area (Å²) >= 11 is 0. The number of H-pyrrole nitrogens is 1. The highest BCUT2D eigenvalue weighted by Crippen LogP contribution is 2.21. The maximum absolute atomic E-state index is 11.9. The Morgan fingerprint density at radius 1 is 1.33 bits per heavy atom. The molecule has 1 aromatic carbocycles. The van der Waals surface area contributed by atoms with Gasteiger partial charge in [0.25, 0.3) is 0 Å². The van der Waals surface area contributed by atoms with Crippen molar-refractivity contribution >= 4 is 17.0 Å². The Labute approximate surface area is 104 Å². The van der Waals surface area contributed by atoms with Gasteiger partial charge in [-0.05, 0) is 31.0 Å². The summed E-state index contributed by atoms with van der Waals surface area (Å²) in [6.07, 6.45) is 0. The van der Waals surface area contributed by atoms with E-state index in [4.69, 9.17) is 5.11 Å². The number of fused-ring (bicyclic) bond motifs is 1. The molecule has 0 radical (unpaired) electrons. The molecule has 0 aliphatic carbocycles. The van der Waals surface area contributed by atoms with Crippen LogP contribution >= 0.6 is 0 Å². The number of aromatic carboxylic acids is 1. The van der Waals surface area contributed by atoms with Crippen LogP contribution in [-0.4, -0.2) is 20.6 Å². The fourth-order valence-corrected chi connectivity index (χ4v) is 1.97. The number of nitrogens with one attached hydrogen (secondary N) is 1. The zero-order chi connectivity index (χ0) is 13.4. The molecule has 1 atom stereocenters. The van der Waals surface area contributed by atoms with Gasteiger partial charge in [0.2, 0.25) is 0 Å². The van der Waals surface area contributed by atoms with Gasteiger partial charge < -0.3 is 10.1 Å². The second-order valence-electron chi connectivity index (χ2n) is 4.82. The summed E-state index contributed by atoms with van der Waals surface area (Å²) in [4.78, 5) is 25.5. The molecule has 0 bridgehead atoms. The summed E-state index contributed by atoms with van der Waals surface area (Å²) in [7, 11) is 0. The zero-order valence-electron chi connectivity index (χ0n) is 10.6. The van der Waals surface area contributed by atoms with Crippen LogP contribution in [-0.2, 0) is 0 Å². The Bertz CT molecular complexity index is 652. The minimum Gasteiger partial charge on any atom is -0.478 e. The molecule has 0 amide bonds. The SMILES string of the molecule is CC(C)C(C)n1c(=O)[nH]c2cc(C(=O)O)ccc21. The van der Waals surface area contributed by atoms with Crippen LogP contribution in [0.5, 0.6) is 0 Å². The third-order valence-electron chi connectivity index (χ3n) is 3.34. The molecule has 0 saturated heterocycles. The van der Waals surface area contributed by atoms with Crippen LogP contribution in [0.3, 0.4) is 0 Å². The maximum atomic E-state index is 11.9. The first kappa shape index (κ1) is 12.4. The van der Waals surface area contributed by atoms with Crippen molar-refractivity contribution in [1.82, 2.24) is 9.55 Å². The van der Waals surface area contributed by atoms with Crippen LogP contribution < -0.4 is 5.69 Å². The number of hydrogen-bond donors (Lipinski definition) is 2. The predicted octanol–water partition coefficient (Wildman–Crippen LogP) is 2.24. The lowest BCUT2D eigenvalue weighted by molar-refractivity contribution is 0.0697. The molecule has 2 N–H and O–H groups in total. The van der Waals surface area contributed by atoms with E-state index in [2.05, 4.69) is 4.98 Å². The Hall–Kier alpha value is -2.04. The van der Waals surface area contributed by atoms with E-state index in [9.17, 15) is 9.59 Å². The smallest absolute Gasteiger partial charge is 0.335 e. The van der Waals surface area contributed by atoms with Crippen LogP contribution in [0.4, 0.5) is 0 Å². The van der Waals surface area contributed by atoms with E-state index in [-0.39, 0.29) is 17.3 Å². The second kappa shape index (κ2) is 4.33. The molecule has 1 heterocycles. The molecular weight excluding hydrogens is 232 g/mol. The van der Waals surface area contributed by atoms with E-state index in [0.717, 1.165) is 5.52 Å². The highest BCUT2D eigenvalue weighted by atomic mass is 16.4. The van der Waals surface area contributed by atoms with Gasteiger partial charge in [0.1, 0.15) is 0 Å². The Morgan fingerprint density at radius 2 is 2.00 bits per heavy atom. The van der Waals surface area contributed by atoms with Crippen LogP contribution in [0, 0.1) is 5.92 Å². The first-order valence-electron chi connectivity index (χ1n) is 5.89. The van der Waals surface area contributed by atoms with E-state index in [0.29, 0.717) is 11.4 Å². The molecule has 1 aromatic heterocycles. The van der Waals surface area contributed by atoms with Crippen LogP contribution in [0.15, 0.2) is 23.0 Å². The van der Waals surface area contributed by atoms with Gasteiger partial charge in [0.15, 0.2) is 0 Å². The van der Waals surface area contributed by atoms with E-state index >= 15 is 0 Å². The van der Waals surface area contributed by atoms with Gasteiger partial charge >= 0.3 is 11.7 Å². The minimum absolute atomic E-state index is 0.0573. The summed E-state index contributed by atoms with van der Waals surface area (Å²) in [6.45, 7) is 6.06. The Balaban J connectivity index is 2.66. The number of nitrogens with zero attached hydrogens (tertiary/aromatic N) is 1. The highest BCUT2D eigenvalue weighted by Gasteiger charge is 2.16. The van der Waals surface area contributed by atoms with E-state index in [1.165, 1.54) is 12.1 Å². The fourth-order valence-electron chi connectivity index (χ4n) is 1.97. The molecule has 2 aromatic rings. The molecule has 18 heavy (non-hydrogen) atoms. The number of aromatic amines is 1. The van der Waals surface area contributed by atoms with Crippen molar-refractivity contribution in [3.8, 4) is 0 Å². The number of imidazole rings is 1. The van der Waals surface area contributed by atoms with Gasteiger partial charge in [0, 0.05) is 6.04 Å². The standard InChI is InChI=1S/C13H16N2O3/c1-7(2)8(3)15-11-5-4-9(12(16)17)6-10(11)14-13(15)18/h4-8H,1-3H3,(H,14,18)(H,16,17). The number of carbonyl (C=O) groups is 1. The van der Waals surface area contributed by atoms with Crippen molar-refractivity contribution in [2.45, 2.75) is 26.8 Å². The summed E-state index contributed by atoms with van der Waals surface area (Å²) in [5, 5.41) is 8.92. The molecule has 0 aliphatic rings. The summed E-state index contributed by atoms with van der Waals surface area (Å²) in [6, 6.07) is 4.74. The van der Waals surface area contributed by atoms with E-state index in [1.54, 1.807) is 10.6 Å². The number of benzene rings is 1. The number of carboxylic acids is 1. The average Bonchev–Trinajstić information content (AvgIpc) is 2.62. The van der Waals surface area contributed by atoms with E-state index in [1.807, 2.05) is 20.8 Å². The van der Waals surface area contributed by atoms with Crippen LogP contribution in [0.2, 0.25) is 0 Å². The normalized spacial score (nSPS) is 13.1. The predicted molar refractivity (Wildman–Crippen MR) is 69.1 cm³/mol. The van der Waals surface area contributed by atoms with Crippen LogP contribution in [0.25, 0.3) is 11.0 Å². The number of hydrogen-bond acceptors (Lipinski definition) is 2. The first-order chi connectivity index (χ1) is 8.41. The molecule has 96 valence electrons. The highest BCUT2D eigenvalue weighted by molar-refractivity contribution is 5.92. The van der Waals surface area contributed by atoms with Gasteiger partial charge in [-0.1, -0.05) is 13.8 Å². The molecule has 0 saturated carbocycles. The molecule has 5 nitrogen and oxygen atoms in total. The van der Waals surface area contributed by atoms with Crippen molar-refractivity contribution < 1.29 is 9.90 Å². The molecule has 0 fully saturated rings. The molecule has 1 unspecified atom stereocenters. The Morgan fingerprint density at radius 3 is 2.56 bits per heavy atom. The maximum Gasteiger partial charge on any atom is 0.335 e. The van der Waals surface area contributed by atoms with Crippen molar-refractivity contribution in [2.75, 3.05) is 0 Å². The van der Waals surface area contributed by atoms with E-state index < -0.39 is 5.97 Å². The lowest BCUT2D eigenvalue weighted by atomic mass is 10.1. The molecule has 0 spiro atoms. The minimum atomic E-state index is -0.998. The molecule has 5 heteroatoms. The largest absolute Gasteiger partial charge is 0.478 e. The summed E-state index contributed by atoms with van der Waals surface area (Å²) < 4.78 is 1.67. The molecule has 2 rings (SSSR count). The van der Waals surface area contributed by atoms with Crippen molar-refractivity contribution in [1.29, 1.82) is 0 Å². The van der Waals surface area contributed by atoms with Gasteiger partial charge in [-0.3, -0.25) is 4.57 Å². The lowest BCUT2D eigenvalue weighted by Crippen LogP contribution is -2.23. The average molecular weight is 248 g/mol.